The van der Waals surface area contributed by atoms with Crippen molar-refractivity contribution in [2.75, 3.05) is 0 Å². The Morgan fingerprint density at radius 3 is 2.82 bits per heavy atom. The van der Waals surface area contributed by atoms with Gasteiger partial charge in [-0.05, 0) is 50.4 Å². The van der Waals surface area contributed by atoms with Gasteiger partial charge >= 0.3 is 0 Å². The van der Waals surface area contributed by atoms with Crippen LogP contribution in [0, 0.1) is 5.41 Å². The van der Waals surface area contributed by atoms with E-state index in [0.29, 0.717) is 0 Å². The second kappa shape index (κ2) is 2.66. The van der Waals surface area contributed by atoms with Crippen molar-refractivity contribution in [2.45, 2.75) is 51.9 Å². The minimum Gasteiger partial charge on any atom is -0.0853 e. The van der Waals surface area contributed by atoms with Gasteiger partial charge < -0.3 is 0 Å². The normalized spacial score (nSPS) is 26.8. The van der Waals surface area contributed by atoms with Gasteiger partial charge in [0.1, 0.15) is 0 Å². The highest BCUT2D eigenvalue weighted by Crippen LogP contribution is 2.49. The fourth-order valence-electron chi connectivity index (χ4n) is 1.89. The van der Waals surface area contributed by atoms with E-state index in [1.807, 2.05) is 0 Å². The Balaban J connectivity index is 1.73. The molecule has 2 aliphatic rings. The maximum atomic E-state index is 2.46. The highest BCUT2D eigenvalue weighted by molar-refractivity contribution is 5.08. The molecule has 11 heavy (non-hydrogen) atoms. The van der Waals surface area contributed by atoms with Gasteiger partial charge in [0, 0.05) is 0 Å². The standard InChI is InChI=1S/C11H18/c1-11(8-9-11)7-6-10-4-2-3-5-10/h4H,2-3,5-9H2,1H3. The Labute approximate surface area is 69.7 Å². The van der Waals surface area contributed by atoms with Crippen LogP contribution in [0.4, 0.5) is 0 Å². The lowest BCUT2D eigenvalue weighted by atomic mass is 9.99. The first-order valence-electron chi connectivity index (χ1n) is 4.96. The van der Waals surface area contributed by atoms with Gasteiger partial charge in [-0.3, -0.25) is 0 Å². The van der Waals surface area contributed by atoms with Crippen LogP contribution in [-0.2, 0) is 0 Å². The van der Waals surface area contributed by atoms with Gasteiger partial charge in [-0.25, -0.2) is 0 Å². The average molecular weight is 150 g/mol. The Hall–Kier alpha value is -0.260. The van der Waals surface area contributed by atoms with Crippen LogP contribution in [0.2, 0.25) is 0 Å². The summed E-state index contributed by atoms with van der Waals surface area (Å²) in [6, 6.07) is 0. The van der Waals surface area contributed by atoms with Crippen LogP contribution in [0.1, 0.15) is 51.9 Å². The Morgan fingerprint density at radius 1 is 1.45 bits per heavy atom. The summed E-state index contributed by atoms with van der Waals surface area (Å²) in [5.41, 5.74) is 2.52. The van der Waals surface area contributed by atoms with Crippen molar-refractivity contribution < 1.29 is 0 Å². The summed E-state index contributed by atoms with van der Waals surface area (Å²) in [6.45, 7) is 2.43. The molecule has 62 valence electrons. The van der Waals surface area contributed by atoms with Gasteiger partial charge in [0.25, 0.3) is 0 Å². The van der Waals surface area contributed by atoms with Crippen molar-refractivity contribution in [3.8, 4) is 0 Å². The topological polar surface area (TPSA) is 0 Å². The predicted octanol–water partition coefficient (Wildman–Crippen LogP) is 3.68. The maximum absolute atomic E-state index is 2.46. The zero-order valence-corrected chi connectivity index (χ0v) is 7.53. The monoisotopic (exact) mass is 150 g/mol. The number of hydrogen-bond donors (Lipinski definition) is 0. The molecule has 1 fully saturated rings. The van der Waals surface area contributed by atoms with Crippen molar-refractivity contribution in [1.82, 2.24) is 0 Å². The van der Waals surface area contributed by atoms with E-state index in [-0.39, 0.29) is 0 Å². The molecule has 0 bridgehead atoms. The van der Waals surface area contributed by atoms with Gasteiger partial charge in [0.05, 0.1) is 0 Å². The zero-order valence-electron chi connectivity index (χ0n) is 7.53. The molecule has 0 heterocycles. The highest BCUT2D eigenvalue weighted by Gasteiger charge is 2.36. The Morgan fingerprint density at radius 2 is 2.27 bits per heavy atom. The first-order chi connectivity index (χ1) is 5.29. The van der Waals surface area contributed by atoms with E-state index < -0.39 is 0 Å². The molecule has 0 atom stereocenters. The molecule has 0 heteroatoms. The van der Waals surface area contributed by atoms with Gasteiger partial charge in [0.15, 0.2) is 0 Å². The molecule has 0 unspecified atom stereocenters. The minimum absolute atomic E-state index is 0.767. The molecule has 0 aromatic heterocycles. The zero-order chi connectivity index (χ0) is 7.73. The van der Waals surface area contributed by atoms with Crippen LogP contribution in [-0.4, -0.2) is 0 Å². The first-order valence-corrected chi connectivity index (χ1v) is 4.96. The largest absolute Gasteiger partial charge is 0.0853 e. The molecule has 0 radical (unpaired) electrons. The Bertz CT molecular complexity index is 172. The molecule has 2 aliphatic carbocycles. The lowest BCUT2D eigenvalue weighted by molar-refractivity contribution is 0.514. The first kappa shape index (κ1) is 7.39. The number of allylic oxidation sites excluding steroid dienone is 2. The van der Waals surface area contributed by atoms with E-state index >= 15 is 0 Å². The van der Waals surface area contributed by atoms with Crippen LogP contribution in [0.25, 0.3) is 0 Å². The van der Waals surface area contributed by atoms with Crippen molar-refractivity contribution in [3.05, 3.63) is 11.6 Å². The summed E-state index contributed by atoms with van der Waals surface area (Å²) < 4.78 is 0. The summed E-state index contributed by atoms with van der Waals surface area (Å²) in [4.78, 5) is 0. The quantitative estimate of drug-likeness (QED) is 0.538. The third-order valence-electron chi connectivity index (χ3n) is 3.29. The molecule has 2 rings (SSSR count). The fraction of sp³-hybridized carbons (Fsp3) is 0.818. The van der Waals surface area contributed by atoms with E-state index in [1.165, 1.54) is 44.9 Å². The van der Waals surface area contributed by atoms with Crippen LogP contribution < -0.4 is 0 Å². The molecule has 0 amide bonds. The van der Waals surface area contributed by atoms with Crippen LogP contribution in [0.3, 0.4) is 0 Å². The fourth-order valence-corrected chi connectivity index (χ4v) is 1.89. The van der Waals surface area contributed by atoms with Crippen LogP contribution in [0.15, 0.2) is 11.6 Å². The van der Waals surface area contributed by atoms with Crippen molar-refractivity contribution in [1.29, 1.82) is 0 Å². The molecule has 0 aromatic rings. The van der Waals surface area contributed by atoms with Crippen molar-refractivity contribution >= 4 is 0 Å². The van der Waals surface area contributed by atoms with Gasteiger partial charge in [0.2, 0.25) is 0 Å². The number of rotatable bonds is 3. The Kier molecular flexibility index (Phi) is 1.78. The minimum atomic E-state index is 0.767. The van der Waals surface area contributed by atoms with Crippen LogP contribution >= 0.6 is 0 Å². The molecule has 0 saturated heterocycles. The third-order valence-corrected chi connectivity index (χ3v) is 3.29. The smallest absolute Gasteiger partial charge is 0.0315 e. The van der Waals surface area contributed by atoms with E-state index in [9.17, 15) is 0 Å². The number of hydrogen-bond acceptors (Lipinski definition) is 0. The SMILES string of the molecule is CC1(CCC2=CCCC2)CC1. The van der Waals surface area contributed by atoms with E-state index in [1.54, 1.807) is 5.57 Å². The average Bonchev–Trinajstić information content (AvgIpc) is 2.53. The van der Waals surface area contributed by atoms with Crippen LogP contribution in [0.5, 0.6) is 0 Å². The van der Waals surface area contributed by atoms with Gasteiger partial charge in [-0.1, -0.05) is 18.6 Å². The van der Waals surface area contributed by atoms with Crippen molar-refractivity contribution in [3.63, 3.8) is 0 Å². The molecular formula is C11H18. The predicted molar refractivity (Wildman–Crippen MR) is 48.5 cm³/mol. The second-order valence-corrected chi connectivity index (χ2v) is 4.57. The highest BCUT2D eigenvalue weighted by atomic mass is 14.4. The summed E-state index contributed by atoms with van der Waals surface area (Å²) in [5.74, 6) is 0. The molecule has 0 aromatic carbocycles. The molecule has 0 spiro atoms. The molecule has 0 nitrogen and oxygen atoms in total. The van der Waals surface area contributed by atoms with Gasteiger partial charge in [-0.15, -0.1) is 0 Å². The van der Waals surface area contributed by atoms with E-state index in [2.05, 4.69) is 13.0 Å². The molecule has 0 aliphatic heterocycles. The lowest BCUT2D eigenvalue weighted by Gasteiger charge is -2.07. The van der Waals surface area contributed by atoms with E-state index in [4.69, 9.17) is 0 Å². The summed E-state index contributed by atoms with van der Waals surface area (Å²) >= 11 is 0. The molecular weight excluding hydrogens is 132 g/mol. The maximum Gasteiger partial charge on any atom is -0.0315 e. The summed E-state index contributed by atoms with van der Waals surface area (Å²) in [5, 5.41) is 0. The van der Waals surface area contributed by atoms with Gasteiger partial charge in [-0.2, -0.15) is 0 Å². The lowest BCUT2D eigenvalue weighted by Crippen LogP contribution is -1.92. The van der Waals surface area contributed by atoms with E-state index in [0.717, 1.165) is 5.41 Å². The summed E-state index contributed by atoms with van der Waals surface area (Å²) in [7, 11) is 0. The summed E-state index contributed by atoms with van der Waals surface area (Å²) in [6.07, 6.45) is 12.5. The molecule has 1 saturated carbocycles. The third kappa shape index (κ3) is 1.85. The van der Waals surface area contributed by atoms with Crippen molar-refractivity contribution in [2.24, 2.45) is 5.41 Å². The molecule has 0 N–H and O–H groups in total. The second-order valence-electron chi connectivity index (χ2n) is 4.57.